The molecule has 1 aromatic rings. The van der Waals surface area contributed by atoms with Crippen molar-refractivity contribution in [3.8, 4) is 0 Å². The molecule has 0 unspecified atom stereocenters. The molecule has 0 saturated heterocycles. The van der Waals surface area contributed by atoms with E-state index >= 15 is 0 Å². The topological polar surface area (TPSA) is 72.2 Å². The Bertz CT molecular complexity index is 578. The molecule has 0 aliphatic heterocycles. The Morgan fingerprint density at radius 2 is 1.80 bits per heavy atom. The fourth-order valence-corrected chi connectivity index (χ4v) is 3.39. The SMILES string of the molecule is CCC(C)(C)CNS(=O)(=O)c1cc(CN)c(C)cc1C. The third kappa shape index (κ3) is 4.04. The average molecular weight is 298 g/mol. The highest BCUT2D eigenvalue weighted by Crippen LogP contribution is 2.22. The van der Waals surface area contributed by atoms with E-state index in [4.69, 9.17) is 5.73 Å². The van der Waals surface area contributed by atoms with Crippen molar-refractivity contribution < 1.29 is 8.42 Å². The summed E-state index contributed by atoms with van der Waals surface area (Å²) in [5, 5.41) is 0. The van der Waals surface area contributed by atoms with Gasteiger partial charge in [-0.15, -0.1) is 0 Å². The van der Waals surface area contributed by atoms with Gasteiger partial charge in [-0.3, -0.25) is 0 Å². The average Bonchev–Trinajstić information content (AvgIpc) is 2.36. The fourth-order valence-electron chi connectivity index (χ4n) is 1.88. The molecule has 1 aromatic carbocycles. The number of hydrogen-bond acceptors (Lipinski definition) is 3. The summed E-state index contributed by atoms with van der Waals surface area (Å²) in [4.78, 5) is 0.329. The summed E-state index contributed by atoms with van der Waals surface area (Å²) in [7, 11) is -3.49. The third-order valence-electron chi connectivity index (χ3n) is 3.84. The molecular weight excluding hydrogens is 272 g/mol. The second-order valence-corrected chi connectivity index (χ2v) is 7.83. The van der Waals surface area contributed by atoms with Crippen LogP contribution in [-0.2, 0) is 16.6 Å². The van der Waals surface area contributed by atoms with Crippen LogP contribution in [0, 0.1) is 19.3 Å². The minimum atomic E-state index is -3.49. The highest BCUT2D eigenvalue weighted by atomic mass is 32.2. The maximum absolute atomic E-state index is 12.4. The molecular formula is C15H26N2O2S. The Morgan fingerprint density at radius 3 is 2.30 bits per heavy atom. The molecule has 0 fully saturated rings. The lowest BCUT2D eigenvalue weighted by Crippen LogP contribution is -2.34. The van der Waals surface area contributed by atoms with Crippen LogP contribution in [0.3, 0.4) is 0 Å². The third-order valence-corrected chi connectivity index (χ3v) is 5.38. The van der Waals surface area contributed by atoms with Crippen molar-refractivity contribution in [1.29, 1.82) is 0 Å². The van der Waals surface area contributed by atoms with Crippen LogP contribution in [0.5, 0.6) is 0 Å². The molecule has 0 aliphatic rings. The van der Waals surface area contributed by atoms with Gasteiger partial charge >= 0.3 is 0 Å². The standard InChI is InChI=1S/C15H26N2O2S/c1-6-15(4,5)10-17-20(18,19)14-8-13(9-16)11(2)7-12(14)3/h7-8,17H,6,9-10,16H2,1-5H3. The number of nitrogens with two attached hydrogens (primary N) is 1. The van der Waals surface area contributed by atoms with Crippen molar-refractivity contribution >= 4 is 10.0 Å². The van der Waals surface area contributed by atoms with Gasteiger partial charge in [0, 0.05) is 13.1 Å². The van der Waals surface area contributed by atoms with E-state index in [0.717, 1.165) is 23.1 Å². The van der Waals surface area contributed by atoms with E-state index in [1.807, 2.05) is 33.8 Å². The first-order valence-electron chi connectivity index (χ1n) is 6.93. The molecule has 3 N–H and O–H groups in total. The van der Waals surface area contributed by atoms with Gasteiger partial charge in [-0.05, 0) is 48.4 Å². The predicted octanol–water partition coefficient (Wildman–Crippen LogP) is 2.48. The van der Waals surface area contributed by atoms with E-state index in [-0.39, 0.29) is 5.41 Å². The lowest BCUT2D eigenvalue weighted by atomic mass is 9.91. The van der Waals surface area contributed by atoms with E-state index in [0.29, 0.717) is 18.0 Å². The van der Waals surface area contributed by atoms with E-state index in [2.05, 4.69) is 11.6 Å². The Labute approximate surface area is 122 Å². The number of nitrogens with one attached hydrogen (secondary N) is 1. The highest BCUT2D eigenvalue weighted by Gasteiger charge is 2.22. The summed E-state index contributed by atoms with van der Waals surface area (Å²) in [5.74, 6) is 0. The second kappa shape index (κ2) is 6.24. The molecule has 4 nitrogen and oxygen atoms in total. The van der Waals surface area contributed by atoms with Crippen molar-refractivity contribution in [2.24, 2.45) is 11.1 Å². The summed E-state index contributed by atoms with van der Waals surface area (Å²) in [5.41, 5.74) is 8.25. The molecule has 5 heteroatoms. The molecule has 0 aromatic heterocycles. The molecule has 1 rings (SSSR count). The first-order chi connectivity index (χ1) is 9.13. The smallest absolute Gasteiger partial charge is 0.240 e. The quantitative estimate of drug-likeness (QED) is 0.847. The van der Waals surface area contributed by atoms with E-state index in [9.17, 15) is 8.42 Å². The second-order valence-electron chi connectivity index (χ2n) is 6.09. The van der Waals surface area contributed by atoms with E-state index in [1.165, 1.54) is 0 Å². The molecule has 0 atom stereocenters. The van der Waals surface area contributed by atoms with Crippen molar-refractivity contribution in [1.82, 2.24) is 4.72 Å². The first kappa shape index (κ1) is 17.1. The first-order valence-corrected chi connectivity index (χ1v) is 8.41. The maximum atomic E-state index is 12.4. The van der Waals surface area contributed by atoms with Crippen LogP contribution in [0.1, 0.15) is 43.9 Å². The Hall–Kier alpha value is -0.910. The largest absolute Gasteiger partial charge is 0.326 e. The summed E-state index contributed by atoms with van der Waals surface area (Å²) in [6.45, 7) is 10.7. The molecule has 0 radical (unpaired) electrons. The molecule has 0 aliphatic carbocycles. The minimum Gasteiger partial charge on any atom is -0.326 e. The number of aryl methyl sites for hydroxylation is 2. The molecule has 20 heavy (non-hydrogen) atoms. The van der Waals surface area contributed by atoms with Crippen molar-refractivity contribution in [2.45, 2.75) is 52.5 Å². The lowest BCUT2D eigenvalue weighted by Gasteiger charge is -2.23. The Balaban J connectivity index is 3.10. The fraction of sp³-hybridized carbons (Fsp3) is 0.600. The van der Waals surface area contributed by atoms with Crippen molar-refractivity contribution in [2.75, 3.05) is 6.54 Å². The minimum absolute atomic E-state index is 0.0532. The van der Waals surface area contributed by atoms with Crippen molar-refractivity contribution in [3.05, 3.63) is 28.8 Å². The van der Waals surface area contributed by atoms with Gasteiger partial charge in [0.1, 0.15) is 0 Å². The number of sulfonamides is 1. The van der Waals surface area contributed by atoms with E-state index in [1.54, 1.807) is 6.07 Å². The van der Waals surface area contributed by atoms with Gasteiger partial charge in [-0.25, -0.2) is 13.1 Å². The van der Waals surface area contributed by atoms with Gasteiger partial charge in [0.2, 0.25) is 10.0 Å². The van der Waals surface area contributed by atoms with Crippen LogP contribution >= 0.6 is 0 Å². The lowest BCUT2D eigenvalue weighted by molar-refractivity contribution is 0.350. The van der Waals surface area contributed by atoms with Gasteiger partial charge < -0.3 is 5.73 Å². The van der Waals surface area contributed by atoms with Gasteiger partial charge in [-0.2, -0.15) is 0 Å². The van der Waals surface area contributed by atoms with Gasteiger partial charge in [0.25, 0.3) is 0 Å². The predicted molar refractivity (Wildman–Crippen MR) is 83.1 cm³/mol. The van der Waals surface area contributed by atoms with Gasteiger partial charge in [0.05, 0.1) is 4.90 Å². The zero-order valence-corrected chi connectivity index (χ0v) is 13.9. The van der Waals surface area contributed by atoms with Crippen LogP contribution in [-0.4, -0.2) is 15.0 Å². The molecule has 0 amide bonds. The Kier molecular flexibility index (Phi) is 5.35. The summed E-state index contributed by atoms with van der Waals surface area (Å²) in [6.07, 6.45) is 0.913. The monoisotopic (exact) mass is 298 g/mol. The zero-order valence-electron chi connectivity index (χ0n) is 13.1. The van der Waals surface area contributed by atoms with Crippen LogP contribution in [0.4, 0.5) is 0 Å². The summed E-state index contributed by atoms with van der Waals surface area (Å²) < 4.78 is 27.6. The summed E-state index contributed by atoms with van der Waals surface area (Å²) >= 11 is 0. The molecule has 0 heterocycles. The van der Waals surface area contributed by atoms with E-state index < -0.39 is 10.0 Å². The number of hydrogen-bond donors (Lipinski definition) is 2. The van der Waals surface area contributed by atoms with Gasteiger partial charge in [0.15, 0.2) is 0 Å². The normalized spacial score (nSPS) is 12.7. The molecule has 0 saturated carbocycles. The number of benzene rings is 1. The van der Waals surface area contributed by atoms with Crippen molar-refractivity contribution in [3.63, 3.8) is 0 Å². The summed E-state index contributed by atoms with van der Waals surface area (Å²) in [6, 6.07) is 3.56. The number of rotatable bonds is 6. The molecule has 0 bridgehead atoms. The maximum Gasteiger partial charge on any atom is 0.240 e. The van der Waals surface area contributed by atoms with Crippen LogP contribution < -0.4 is 10.5 Å². The zero-order chi connectivity index (χ0) is 15.6. The van der Waals surface area contributed by atoms with Crippen LogP contribution in [0.15, 0.2) is 17.0 Å². The van der Waals surface area contributed by atoms with Gasteiger partial charge in [-0.1, -0.05) is 26.8 Å². The highest BCUT2D eigenvalue weighted by molar-refractivity contribution is 7.89. The molecule has 0 spiro atoms. The van der Waals surface area contributed by atoms with Crippen LogP contribution in [0.2, 0.25) is 0 Å². The van der Waals surface area contributed by atoms with Crippen LogP contribution in [0.25, 0.3) is 0 Å². The molecule has 114 valence electrons. The Morgan fingerprint density at radius 1 is 1.20 bits per heavy atom.